The van der Waals surface area contributed by atoms with E-state index in [4.69, 9.17) is 4.74 Å². The summed E-state index contributed by atoms with van der Waals surface area (Å²) in [6.45, 7) is 5.84. The lowest BCUT2D eigenvalue weighted by Gasteiger charge is -2.34. The molecule has 1 saturated carbocycles. The summed E-state index contributed by atoms with van der Waals surface area (Å²) in [6, 6.07) is 29.9. The van der Waals surface area contributed by atoms with Crippen molar-refractivity contribution >= 4 is 27.5 Å². The van der Waals surface area contributed by atoms with Gasteiger partial charge in [0.1, 0.15) is 18.3 Å². The molecule has 0 saturated heterocycles. The Kier molecular flexibility index (Phi) is 11.5. The van der Waals surface area contributed by atoms with E-state index in [0.29, 0.717) is 18.0 Å². The zero-order valence-electron chi connectivity index (χ0n) is 28.0. The second-order valence-electron chi connectivity index (χ2n) is 12.5. The maximum Gasteiger partial charge on any atom is 0.264 e. The predicted molar refractivity (Wildman–Crippen MR) is 189 cm³/mol. The monoisotopic (exact) mass is 667 g/mol. The molecule has 0 aromatic heterocycles. The molecule has 1 atom stereocenters. The van der Waals surface area contributed by atoms with Gasteiger partial charge in [-0.25, -0.2) is 8.42 Å². The molecular weight excluding hydrogens is 623 g/mol. The van der Waals surface area contributed by atoms with Gasteiger partial charge in [0.05, 0.1) is 17.2 Å². The van der Waals surface area contributed by atoms with Gasteiger partial charge in [0.2, 0.25) is 11.8 Å². The van der Waals surface area contributed by atoms with Gasteiger partial charge in [-0.15, -0.1) is 0 Å². The molecule has 4 aromatic carbocycles. The Bertz CT molecular complexity index is 1750. The number of hydrogen-bond donors (Lipinski definition) is 1. The Morgan fingerprint density at radius 1 is 0.812 bits per heavy atom. The van der Waals surface area contributed by atoms with Crippen molar-refractivity contribution in [3.8, 4) is 5.75 Å². The van der Waals surface area contributed by atoms with Crippen LogP contribution in [0.25, 0.3) is 0 Å². The Morgan fingerprint density at radius 3 is 2.02 bits per heavy atom. The van der Waals surface area contributed by atoms with Crippen LogP contribution in [0.2, 0.25) is 0 Å². The molecule has 0 spiro atoms. The van der Waals surface area contributed by atoms with Crippen LogP contribution in [-0.4, -0.2) is 50.4 Å². The predicted octanol–water partition coefficient (Wildman–Crippen LogP) is 6.60. The van der Waals surface area contributed by atoms with Crippen LogP contribution in [0.1, 0.15) is 54.9 Å². The molecule has 48 heavy (non-hydrogen) atoms. The molecule has 5 rings (SSSR count). The molecule has 0 heterocycles. The van der Waals surface area contributed by atoms with Gasteiger partial charge in [0.15, 0.2) is 0 Å². The summed E-state index contributed by atoms with van der Waals surface area (Å²) >= 11 is 0. The molecule has 2 amide bonds. The van der Waals surface area contributed by atoms with E-state index in [2.05, 4.69) is 5.32 Å². The van der Waals surface area contributed by atoms with E-state index in [1.165, 1.54) is 0 Å². The van der Waals surface area contributed by atoms with Crippen molar-refractivity contribution in [1.29, 1.82) is 0 Å². The summed E-state index contributed by atoms with van der Waals surface area (Å²) in [6.07, 6.45) is 4.18. The number of aryl methyl sites for hydroxylation is 2. The highest BCUT2D eigenvalue weighted by atomic mass is 32.2. The van der Waals surface area contributed by atoms with Crippen molar-refractivity contribution < 1.29 is 22.7 Å². The number of hydrogen-bond acceptors (Lipinski definition) is 5. The maximum absolute atomic E-state index is 14.7. The highest BCUT2D eigenvalue weighted by Gasteiger charge is 2.35. The average molecular weight is 668 g/mol. The van der Waals surface area contributed by atoms with E-state index in [0.717, 1.165) is 52.2 Å². The molecule has 252 valence electrons. The Hall–Kier alpha value is -4.63. The molecule has 1 aliphatic rings. The fourth-order valence-corrected chi connectivity index (χ4v) is 7.47. The lowest BCUT2D eigenvalue weighted by atomic mass is 10.0. The van der Waals surface area contributed by atoms with Crippen molar-refractivity contribution in [2.45, 2.75) is 76.4 Å². The minimum absolute atomic E-state index is 0.0503. The number of amides is 2. The molecular formula is C39H45N3O5S. The molecule has 0 unspecified atom stereocenters. The van der Waals surface area contributed by atoms with Crippen LogP contribution in [0, 0.1) is 13.8 Å². The van der Waals surface area contributed by atoms with Crippen molar-refractivity contribution in [2.24, 2.45) is 0 Å². The summed E-state index contributed by atoms with van der Waals surface area (Å²) in [4.78, 5) is 30.5. The third-order valence-corrected chi connectivity index (χ3v) is 10.6. The topological polar surface area (TPSA) is 96.0 Å². The summed E-state index contributed by atoms with van der Waals surface area (Å²) in [7, 11) is -4.18. The fourth-order valence-electron chi connectivity index (χ4n) is 6.05. The molecule has 1 fully saturated rings. The summed E-state index contributed by atoms with van der Waals surface area (Å²) < 4.78 is 35.3. The van der Waals surface area contributed by atoms with E-state index in [1.54, 1.807) is 53.4 Å². The minimum atomic E-state index is -4.18. The van der Waals surface area contributed by atoms with E-state index >= 15 is 0 Å². The Morgan fingerprint density at radius 2 is 1.42 bits per heavy atom. The summed E-state index contributed by atoms with van der Waals surface area (Å²) in [5, 5.41) is 3.22. The van der Waals surface area contributed by atoms with Crippen LogP contribution in [0.15, 0.2) is 108 Å². The minimum Gasteiger partial charge on any atom is -0.494 e. The van der Waals surface area contributed by atoms with Gasteiger partial charge in [-0.05, 0) is 81.1 Å². The third kappa shape index (κ3) is 8.83. The largest absolute Gasteiger partial charge is 0.494 e. The quantitative estimate of drug-likeness (QED) is 0.164. The average Bonchev–Trinajstić information content (AvgIpc) is 3.60. The maximum atomic E-state index is 14.7. The van der Waals surface area contributed by atoms with Gasteiger partial charge in [-0.1, -0.05) is 90.7 Å². The molecule has 4 aromatic rings. The molecule has 0 radical (unpaired) electrons. The zero-order chi connectivity index (χ0) is 34.1. The van der Waals surface area contributed by atoms with Crippen LogP contribution >= 0.6 is 0 Å². The van der Waals surface area contributed by atoms with Crippen molar-refractivity contribution in [3.63, 3.8) is 0 Å². The number of benzene rings is 4. The van der Waals surface area contributed by atoms with Crippen LogP contribution in [0.5, 0.6) is 5.75 Å². The van der Waals surface area contributed by atoms with E-state index < -0.39 is 28.5 Å². The Balaban J connectivity index is 1.56. The van der Waals surface area contributed by atoms with Crippen LogP contribution < -0.4 is 14.4 Å². The van der Waals surface area contributed by atoms with Crippen LogP contribution in [0.4, 0.5) is 5.69 Å². The standard InChI is InChI=1S/C39H45N3O5S/c1-4-47-35-22-20-34(21-23-35)42(48(45,46)36-24-16-30(3)17-25-36)28-38(43)41(27-32-18-14-29(2)15-19-32)37(26-31-10-6-5-7-11-31)39(44)40-33-12-8-9-13-33/h5-7,10-11,14-25,33,37H,4,8-9,12-13,26-28H2,1-3H3,(H,40,44)/t37-/m0/s1. The normalized spacial score (nSPS) is 13.9. The highest BCUT2D eigenvalue weighted by Crippen LogP contribution is 2.28. The Labute approximate surface area is 284 Å². The van der Waals surface area contributed by atoms with Crippen molar-refractivity contribution in [2.75, 3.05) is 17.5 Å². The molecule has 0 aliphatic heterocycles. The second kappa shape index (κ2) is 16.0. The van der Waals surface area contributed by atoms with Gasteiger partial charge >= 0.3 is 0 Å². The van der Waals surface area contributed by atoms with Crippen LogP contribution in [0.3, 0.4) is 0 Å². The SMILES string of the molecule is CCOc1ccc(N(CC(=O)N(Cc2ccc(C)cc2)[C@@H](Cc2ccccc2)C(=O)NC2CCCC2)S(=O)(=O)c2ccc(C)cc2)cc1. The number of nitrogens with zero attached hydrogens (tertiary/aromatic N) is 2. The highest BCUT2D eigenvalue weighted by molar-refractivity contribution is 7.92. The fraction of sp³-hybridized carbons (Fsp3) is 0.333. The number of carbonyl (C=O) groups excluding carboxylic acids is 2. The number of anilines is 1. The number of rotatable bonds is 14. The van der Waals surface area contributed by atoms with Gasteiger partial charge in [0.25, 0.3) is 10.0 Å². The smallest absolute Gasteiger partial charge is 0.264 e. The molecule has 9 heteroatoms. The van der Waals surface area contributed by atoms with Gasteiger partial charge in [0, 0.05) is 19.0 Å². The first-order valence-electron chi connectivity index (χ1n) is 16.7. The van der Waals surface area contributed by atoms with E-state index in [9.17, 15) is 18.0 Å². The summed E-state index contributed by atoms with van der Waals surface area (Å²) in [5.74, 6) is -0.129. The van der Waals surface area contributed by atoms with E-state index in [-0.39, 0.29) is 29.8 Å². The van der Waals surface area contributed by atoms with Gasteiger partial charge < -0.3 is 15.0 Å². The van der Waals surface area contributed by atoms with E-state index in [1.807, 2.05) is 75.4 Å². The van der Waals surface area contributed by atoms with Crippen LogP contribution in [-0.2, 0) is 32.6 Å². The zero-order valence-corrected chi connectivity index (χ0v) is 28.8. The van der Waals surface area contributed by atoms with Gasteiger partial charge in [-0.2, -0.15) is 0 Å². The number of nitrogens with one attached hydrogen (secondary N) is 1. The molecule has 1 N–H and O–H groups in total. The van der Waals surface area contributed by atoms with Crippen molar-refractivity contribution in [1.82, 2.24) is 10.2 Å². The first-order valence-corrected chi connectivity index (χ1v) is 18.1. The molecule has 0 bridgehead atoms. The first-order chi connectivity index (χ1) is 23.1. The lowest BCUT2D eigenvalue weighted by Crippen LogP contribution is -2.54. The second-order valence-corrected chi connectivity index (χ2v) is 14.3. The summed E-state index contributed by atoms with van der Waals surface area (Å²) in [5.41, 5.74) is 4.05. The number of ether oxygens (including phenoxy) is 1. The molecule has 8 nitrogen and oxygen atoms in total. The first kappa shape index (κ1) is 34.7. The van der Waals surface area contributed by atoms with Gasteiger partial charge in [-0.3, -0.25) is 13.9 Å². The molecule has 1 aliphatic carbocycles. The third-order valence-electron chi connectivity index (χ3n) is 8.77. The number of sulfonamides is 1. The number of carbonyl (C=O) groups is 2. The van der Waals surface area contributed by atoms with Crippen molar-refractivity contribution in [3.05, 3.63) is 125 Å². The lowest BCUT2D eigenvalue weighted by molar-refractivity contribution is -0.140.